The summed E-state index contributed by atoms with van der Waals surface area (Å²) in [6.45, 7) is 0. The average molecular weight is 611 g/mol. The van der Waals surface area contributed by atoms with Gasteiger partial charge in [0.1, 0.15) is 0 Å². The number of rotatable bonds is 3. The summed E-state index contributed by atoms with van der Waals surface area (Å²) in [4.78, 5) is 10.5. The Balaban J connectivity index is 1.27. The van der Waals surface area contributed by atoms with Gasteiger partial charge in [-0.3, -0.25) is 4.57 Å². The highest BCUT2D eigenvalue weighted by Gasteiger charge is 2.22. The summed E-state index contributed by atoms with van der Waals surface area (Å²) in [5, 5.41) is 10.0. The van der Waals surface area contributed by atoms with E-state index in [0.717, 1.165) is 33.5 Å². The summed E-state index contributed by atoms with van der Waals surface area (Å²) in [6.07, 6.45) is 0. The molecule has 7 aromatic carbocycles. The predicted molar refractivity (Wildman–Crippen MR) is 199 cm³/mol. The van der Waals surface area contributed by atoms with Crippen LogP contribution in [0.4, 0.5) is 0 Å². The second-order valence-corrected chi connectivity index (χ2v) is 12.6. The monoisotopic (exact) mass is 610 g/mol. The molecule has 48 heavy (non-hydrogen) atoms. The maximum absolute atomic E-state index is 5.24. The van der Waals surface area contributed by atoms with Crippen LogP contribution in [0.1, 0.15) is 0 Å². The van der Waals surface area contributed by atoms with Gasteiger partial charge in [0, 0.05) is 48.8 Å². The molecule has 4 heterocycles. The predicted octanol–water partition coefficient (Wildman–Crippen LogP) is 11.2. The molecule has 4 nitrogen and oxygen atoms in total. The molecule has 0 saturated heterocycles. The quantitative estimate of drug-likeness (QED) is 0.199. The van der Waals surface area contributed by atoms with Gasteiger partial charge >= 0.3 is 0 Å². The van der Waals surface area contributed by atoms with Crippen LogP contribution in [0.3, 0.4) is 0 Å². The molecule has 4 aromatic heterocycles. The average Bonchev–Trinajstić information content (AvgIpc) is 3.81. The van der Waals surface area contributed by atoms with Crippen molar-refractivity contribution in [3.05, 3.63) is 158 Å². The van der Waals surface area contributed by atoms with E-state index in [9.17, 15) is 0 Å². The van der Waals surface area contributed by atoms with Crippen molar-refractivity contribution < 1.29 is 0 Å². The Kier molecular flexibility index (Phi) is 5.08. The number of para-hydroxylation sites is 3. The third kappa shape index (κ3) is 3.38. The Hall–Kier alpha value is -6.52. The van der Waals surface area contributed by atoms with Crippen LogP contribution in [-0.2, 0) is 0 Å². The van der Waals surface area contributed by atoms with Crippen LogP contribution in [0.15, 0.2) is 158 Å². The maximum atomic E-state index is 5.24. The molecule has 0 aliphatic rings. The summed E-state index contributed by atoms with van der Waals surface area (Å²) in [5.41, 5.74) is 9.88. The normalized spacial score (nSPS) is 12.2. The van der Waals surface area contributed by atoms with Gasteiger partial charge in [-0.15, -0.1) is 0 Å². The number of hydrogen-bond acceptors (Lipinski definition) is 2. The minimum atomic E-state index is 0.660. The minimum absolute atomic E-state index is 0.660. The summed E-state index contributed by atoms with van der Waals surface area (Å²) in [5.74, 6) is 0.660. The molecule has 0 atom stereocenters. The van der Waals surface area contributed by atoms with Gasteiger partial charge in [0.15, 0.2) is 0 Å². The van der Waals surface area contributed by atoms with Crippen molar-refractivity contribution in [1.29, 1.82) is 0 Å². The lowest BCUT2D eigenvalue weighted by molar-refractivity contribution is 0.996. The molecule has 0 aliphatic heterocycles. The Morgan fingerprint density at radius 3 is 1.56 bits per heavy atom. The van der Waals surface area contributed by atoms with E-state index in [1.807, 2.05) is 12.1 Å². The zero-order chi connectivity index (χ0) is 31.3. The fourth-order valence-electron chi connectivity index (χ4n) is 8.05. The van der Waals surface area contributed by atoms with Crippen LogP contribution in [-0.4, -0.2) is 18.9 Å². The first-order valence-corrected chi connectivity index (χ1v) is 16.4. The summed E-state index contributed by atoms with van der Waals surface area (Å²) >= 11 is 0. The number of benzene rings is 7. The van der Waals surface area contributed by atoms with Gasteiger partial charge in [0.25, 0.3) is 0 Å². The second kappa shape index (κ2) is 9.50. The van der Waals surface area contributed by atoms with E-state index in [1.165, 1.54) is 59.6 Å². The molecule has 0 aliphatic carbocycles. The summed E-state index contributed by atoms with van der Waals surface area (Å²) < 4.78 is 4.73. The maximum Gasteiger partial charge on any atom is 0.235 e. The molecular weight excluding hydrogens is 585 g/mol. The molecular formula is C44H26N4. The first-order chi connectivity index (χ1) is 23.8. The molecule has 4 heteroatoms. The molecule has 0 spiro atoms. The van der Waals surface area contributed by atoms with Gasteiger partial charge in [0.05, 0.1) is 39.0 Å². The molecule has 0 fully saturated rings. The van der Waals surface area contributed by atoms with Crippen LogP contribution >= 0.6 is 0 Å². The molecule has 0 N–H and O–H groups in total. The molecule has 222 valence electrons. The van der Waals surface area contributed by atoms with Gasteiger partial charge in [-0.25, -0.2) is 9.97 Å². The van der Waals surface area contributed by atoms with Crippen molar-refractivity contribution in [1.82, 2.24) is 18.9 Å². The SMILES string of the molecule is c1ccc(-c2cc(-c3ccccc3)nc(-n3c4ccccc4c4c5ccc6c7cccc8c9ccccc9n(c6c5ccc43)c87)n2)cc1. The van der Waals surface area contributed by atoms with Crippen LogP contribution in [0.2, 0.25) is 0 Å². The third-order valence-corrected chi connectivity index (χ3v) is 10.1. The van der Waals surface area contributed by atoms with Crippen LogP contribution < -0.4 is 0 Å². The van der Waals surface area contributed by atoms with Crippen molar-refractivity contribution in [2.75, 3.05) is 0 Å². The largest absolute Gasteiger partial charge is 0.307 e. The fourth-order valence-corrected chi connectivity index (χ4v) is 8.05. The van der Waals surface area contributed by atoms with Crippen LogP contribution in [0.25, 0.3) is 99.1 Å². The van der Waals surface area contributed by atoms with E-state index in [1.54, 1.807) is 0 Å². The standard InChI is InChI=1S/C44H26N4/c1-3-12-27(13-4-1)36-26-37(28-14-5-2-6-15-28)46-44(45-36)47-39-21-10-8-17-35(39)41-30-22-23-34-32-19-11-18-31-29-16-7-9-20-38(29)48(42(31)32)43(34)33(30)24-25-40(41)47/h1-26H. The number of hydrogen-bond donors (Lipinski definition) is 0. The molecule has 0 saturated carbocycles. The van der Waals surface area contributed by atoms with Gasteiger partial charge in [-0.05, 0) is 29.7 Å². The van der Waals surface area contributed by atoms with Crippen molar-refractivity contribution in [2.24, 2.45) is 0 Å². The summed E-state index contributed by atoms with van der Waals surface area (Å²) in [7, 11) is 0. The minimum Gasteiger partial charge on any atom is -0.307 e. The topological polar surface area (TPSA) is 35.1 Å². The second-order valence-electron chi connectivity index (χ2n) is 12.6. The molecule has 11 aromatic rings. The van der Waals surface area contributed by atoms with Gasteiger partial charge in [0.2, 0.25) is 5.95 Å². The van der Waals surface area contributed by atoms with Crippen molar-refractivity contribution in [3.8, 4) is 28.5 Å². The lowest BCUT2D eigenvalue weighted by atomic mass is 10.0. The molecule has 0 radical (unpaired) electrons. The third-order valence-electron chi connectivity index (χ3n) is 10.1. The Bertz CT molecular complexity index is 2990. The van der Waals surface area contributed by atoms with Crippen molar-refractivity contribution in [2.45, 2.75) is 0 Å². The van der Waals surface area contributed by atoms with E-state index in [-0.39, 0.29) is 0 Å². The fraction of sp³-hybridized carbons (Fsp3) is 0. The Labute approximate surface area is 275 Å². The van der Waals surface area contributed by atoms with E-state index in [4.69, 9.17) is 9.97 Å². The smallest absolute Gasteiger partial charge is 0.235 e. The van der Waals surface area contributed by atoms with Gasteiger partial charge < -0.3 is 4.40 Å². The van der Waals surface area contributed by atoms with E-state index >= 15 is 0 Å². The molecule has 11 rings (SSSR count). The van der Waals surface area contributed by atoms with Crippen LogP contribution in [0, 0.1) is 0 Å². The number of fused-ring (bicyclic) bond motifs is 12. The molecule has 0 unspecified atom stereocenters. The Morgan fingerprint density at radius 1 is 0.354 bits per heavy atom. The highest BCUT2D eigenvalue weighted by Crippen LogP contribution is 2.44. The van der Waals surface area contributed by atoms with Crippen molar-refractivity contribution >= 4 is 70.7 Å². The van der Waals surface area contributed by atoms with Gasteiger partial charge in [-0.2, -0.15) is 0 Å². The summed E-state index contributed by atoms with van der Waals surface area (Å²) in [6, 6.07) is 56.2. The highest BCUT2D eigenvalue weighted by molar-refractivity contribution is 6.31. The number of aromatic nitrogens is 4. The molecule has 0 amide bonds. The zero-order valence-corrected chi connectivity index (χ0v) is 25.8. The first-order valence-electron chi connectivity index (χ1n) is 16.4. The van der Waals surface area contributed by atoms with Gasteiger partial charge in [-0.1, -0.05) is 133 Å². The number of nitrogens with zero attached hydrogens (tertiary/aromatic N) is 4. The lowest BCUT2D eigenvalue weighted by Gasteiger charge is -2.12. The van der Waals surface area contributed by atoms with Crippen LogP contribution in [0.5, 0.6) is 0 Å². The van der Waals surface area contributed by atoms with E-state index in [2.05, 4.69) is 155 Å². The zero-order valence-electron chi connectivity index (χ0n) is 25.8. The highest BCUT2D eigenvalue weighted by atomic mass is 15.2. The lowest BCUT2D eigenvalue weighted by Crippen LogP contribution is -2.04. The van der Waals surface area contributed by atoms with E-state index < -0.39 is 0 Å². The van der Waals surface area contributed by atoms with E-state index in [0.29, 0.717) is 5.95 Å². The molecule has 0 bridgehead atoms. The first kappa shape index (κ1) is 25.6. The van der Waals surface area contributed by atoms with Crippen molar-refractivity contribution in [3.63, 3.8) is 0 Å². The Morgan fingerprint density at radius 2 is 0.854 bits per heavy atom.